The minimum atomic E-state index is -0.500. The van der Waals surface area contributed by atoms with Crippen LogP contribution in [0.15, 0.2) is 98.1 Å². The molecule has 0 atom stereocenters. The van der Waals surface area contributed by atoms with Crippen LogP contribution in [0.4, 0.5) is 0 Å². The van der Waals surface area contributed by atoms with E-state index < -0.39 is 11.9 Å². The molecule has 0 aromatic heterocycles. The fourth-order valence-electron chi connectivity index (χ4n) is 6.01. The Bertz CT molecular complexity index is 1510. The molecule has 10 heteroatoms. The van der Waals surface area contributed by atoms with E-state index in [2.05, 4.69) is 13.2 Å². The normalized spacial score (nSPS) is 10.6. The minimum absolute atomic E-state index is 0.329. The summed E-state index contributed by atoms with van der Waals surface area (Å²) in [4.78, 5) is 47.5. The molecule has 0 saturated carbocycles. The van der Waals surface area contributed by atoms with Gasteiger partial charge < -0.3 is 28.4 Å². The van der Waals surface area contributed by atoms with Gasteiger partial charge in [0.25, 0.3) is 0 Å². The zero-order valence-corrected chi connectivity index (χ0v) is 34.1. The Morgan fingerprint density at radius 2 is 0.621 bits per heavy atom. The Labute approximate surface area is 344 Å². The molecule has 0 heterocycles. The van der Waals surface area contributed by atoms with E-state index in [0.717, 1.165) is 64.2 Å². The van der Waals surface area contributed by atoms with Crippen LogP contribution in [0.2, 0.25) is 0 Å². The maximum atomic E-state index is 12.7. The standard InChI is InChI=1S/C48H62O10/c1-3-45(49)55-37-21-17-13-9-5-7-11-15-19-35-53-41-27-23-39(24-28-41)47(51)57-43-31-33-44(34-32-43)58-48(52)40-25-29-42(30-26-40)54-36-20-16-12-8-6-10-14-18-22-38-56-46(50)4-2/h3-4,23-34H,1-2,5-22,35-38H2. The fourth-order valence-corrected chi connectivity index (χ4v) is 6.01. The van der Waals surface area contributed by atoms with Gasteiger partial charge in [-0.05, 0) is 98.5 Å². The largest absolute Gasteiger partial charge is 0.494 e. The first kappa shape index (κ1) is 47.0. The van der Waals surface area contributed by atoms with Crippen LogP contribution in [0, 0.1) is 0 Å². The summed E-state index contributed by atoms with van der Waals surface area (Å²) in [5.41, 5.74) is 0.796. The molecule has 0 spiro atoms. The van der Waals surface area contributed by atoms with Crippen molar-refractivity contribution in [1.82, 2.24) is 0 Å². The average molecular weight is 799 g/mol. The van der Waals surface area contributed by atoms with Crippen LogP contribution in [-0.4, -0.2) is 50.3 Å². The second-order valence-corrected chi connectivity index (χ2v) is 14.1. The topological polar surface area (TPSA) is 124 Å². The number of rotatable bonds is 32. The lowest BCUT2D eigenvalue weighted by atomic mass is 10.1. The summed E-state index contributed by atoms with van der Waals surface area (Å²) in [5, 5.41) is 0. The summed E-state index contributed by atoms with van der Waals surface area (Å²) in [6.45, 7) is 8.95. The zero-order valence-electron chi connectivity index (χ0n) is 34.1. The highest BCUT2D eigenvalue weighted by Crippen LogP contribution is 2.22. The van der Waals surface area contributed by atoms with Gasteiger partial charge in [0.05, 0.1) is 37.6 Å². The molecular weight excluding hydrogens is 737 g/mol. The van der Waals surface area contributed by atoms with Crippen molar-refractivity contribution in [2.75, 3.05) is 26.4 Å². The van der Waals surface area contributed by atoms with E-state index in [-0.39, 0.29) is 11.9 Å². The number of benzene rings is 3. The van der Waals surface area contributed by atoms with Crippen molar-refractivity contribution in [3.05, 3.63) is 109 Å². The van der Waals surface area contributed by atoms with E-state index in [0.29, 0.717) is 60.6 Å². The molecule has 0 bridgehead atoms. The van der Waals surface area contributed by atoms with Crippen molar-refractivity contribution < 1.29 is 47.6 Å². The quantitative estimate of drug-likeness (QED) is 0.0261. The molecule has 58 heavy (non-hydrogen) atoms. The first-order chi connectivity index (χ1) is 28.4. The number of carbonyl (C=O) groups is 4. The van der Waals surface area contributed by atoms with Crippen molar-refractivity contribution in [1.29, 1.82) is 0 Å². The lowest BCUT2D eigenvalue weighted by Crippen LogP contribution is -2.09. The molecule has 0 N–H and O–H groups in total. The van der Waals surface area contributed by atoms with Crippen LogP contribution in [-0.2, 0) is 19.1 Å². The number of esters is 4. The lowest BCUT2D eigenvalue weighted by molar-refractivity contribution is -0.138. The highest BCUT2D eigenvalue weighted by atomic mass is 16.5. The third-order valence-electron chi connectivity index (χ3n) is 9.36. The van der Waals surface area contributed by atoms with Crippen molar-refractivity contribution in [3.63, 3.8) is 0 Å². The minimum Gasteiger partial charge on any atom is -0.494 e. The Morgan fingerprint density at radius 3 is 0.914 bits per heavy atom. The molecule has 10 nitrogen and oxygen atoms in total. The van der Waals surface area contributed by atoms with Crippen LogP contribution in [0.5, 0.6) is 23.0 Å². The zero-order chi connectivity index (χ0) is 41.5. The molecule has 3 aromatic rings. The maximum absolute atomic E-state index is 12.7. The second-order valence-electron chi connectivity index (χ2n) is 14.1. The molecule has 0 fully saturated rings. The molecule has 0 aliphatic rings. The molecule has 3 aromatic carbocycles. The van der Waals surface area contributed by atoms with Crippen molar-refractivity contribution in [3.8, 4) is 23.0 Å². The third kappa shape index (κ3) is 21.2. The predicted molar refractivity (Wildman–Crippen MR) is 226 cm³/mol. The Hall–Kier alpha value is -5.38. The van der Waals surface area contributed by atoms with Gasteiger partial charge >= 0.3 is 23.9 Å². The van der Waals surface area contributed by atoms with E-state index in [1.807, 2.05) is 0 Å². The summed E-state index contributed by atoms with van der Waals surface area (Å²) < 4.78 is 32.7. The second kappa shape index (κ2) is 29.8. The highest BCUT2D eigenvalue weighted by molar-refractivity contribution is 5.92. The van der Waals surface area contributed by atoms with E-state index in [1.165, 1.54) is 63.5 Å². The van der Waals surface area contributed by atoms with Gasteiger partial charge in [0.1, 0.15) is 23.0 Å². The first-order valence-electron chi connectivity index (χ1n) is 21.0. The smallest absolute Gasteiger partial charge is 0.343 e. The van der Waals surface area contributed by atoms with Crippen LogP contribution >= 0.6 is 0 Å². The summed E-state index contributed by atoms with van der Waals surface area (Å²) in [6, 6.07) is 20.1. The van der Waals surface area contributed by atoms with Gasteiger partial charge in [-0.3, -0.25) is 0 Å². The first-order valence-corrected chi connectivity index (χ1v) is 21.0. The summed E-state index contributed by atoms with van der Waals surface area (Å²) in [7, 11) is 0. The van der Waals surface area contributed by atoms with Crippen molar-refractivity contribution >= 4 is 23.9 Å². The van der Waals surface area contributed by atoms with Gasteiger partial charge in [0.15, 0.2) is 0 Å². The van der Waals surface area contributed by atoms with Gasteiger partial charge in [-0.2, -0.15) is 0 Å². The lowest BCUT2D eigenvalue weighted by Gasteiger charge is -2.09. The molecule has 0 amide bonds. The van der Waals surface area contributed by atoms with Crippen LogP contribution < -0.4 is 18.9 Å². The monoisotopic (exact) mass is 798 g/mol. The van der Waals surface area contributed by atoms with E-state index in [4.69, 9.17) is 28.4 Å². The van der Waals surface area contributed by atoms with Crippen LogP contribution in [0.3, 0.4) is 0 Å². The van der Waals surface area contributed by atoms with Crippen molar-refractivity contribution in [2.24, 2.45) is 0 Å². The number of ether oxygens (including phenoxy) is 6. The van der Waals surface area contributed by atoms with E-state index in [9.17, 15) is 19.2 Å². The Balaban J connectivity index is 1.21. The van der Waals surface area contributed by atoms with Gasteiger partial charge in [-0.25, -0.2) is 19.2 Å². The summed E-state index contributed by atoms with van der Waals surface area (Å²) >= 11 is 0. The Morgan fingerprint density at radius 1 is 0.362 bits per heavy atom. The third-order valence-corrected chi connectivity index (χ3v) is 9.36. The van der Waals surface area contributed by atoms with Crippen LogP contribution in [0.25, 0.3) is 0 Å². The number of unbranched alkanes of at least 4 members (excludes halogenated alkanes) is 16. The van der Waals surface area contributed by atoms with E-state index in [1.54, 1.807) is 72.8 Å². The fraction of sp³-hybridized carbons (Fsp3) is 0.458. The summed E-state index contributed by atoms with van der Waals surface area (Å²) in [6.07, 6.45) is 22.3. The number of hydrogen-bond acceptors (Lipinski definition) is 10. The SMILES string of the molecule is C=CC(=O)OCCCCCCCCCCCOc1ccc(C(=O)Oc2ccc(OC(=O)c3ccc(OCCCCCCCCCCCOC(=O)C=C)cc3)cc2)cc1. The van der Waals surface area contributed by atoms with Gasteiger partial charge in [-0.15, -0.1) is 0 Å². The molecule has 0 aliphatic heterocycles. The number of hydrogen-bond donors (Lipinski definition) is 0. The van der Waals surface area contributed by atoms with Crippen molar-refractivity contribution in [2.45, 2.75) is 116 Å². The molecule has 0 aliphatic carbocycles. The van der Waals surface area contributed by atoms with Gasteiger partial charge in [0.2, 0.25) is 0 Å². The molecule has 0 radical (unpaired) electrons. The molecule has 0 saturated heterocycles. The van der Waals surface area contributed by atoms with Crippen LogP contribution in [0.1, 0.15) is 136 Å². The summed E-state index contributed by atoms with van der Waals surface area (Å²) in [5.74, 6) is 0.354. The Kier molecular flexibility index (Phi) is 24.1. The highest BCUT2D eigenvalue weighted by Gasteiger charge is 2.12. The van der Waals surface area contributed by atoms with Gasteiger partial charge in [-0.1, -0.05) is 103 Å². The molecule has 0 unspecified atom stereocenters. The average Bonchev–Trinajstić information content (AvgIpc) is 3.24. The number of carbonyl (C=O) groups excluding carboxylic acids is 4. The van der Waals surface area contributed by atoms with Gasteiger partial charge in [0, 0.05) is 12.2 Å². The predicted octanol–water partition coefficient (Wildman–Crippen LogP) is 11.4. The molecule has 3 rings (SSSR count). The van der Waals surface area contributed by atoms with E-state index >= 15 is 0 Å². The molecular formula is C48H62O10. The maximum Gasteiger partial charge on any atom is 0.343 e. The molecule has 314 valence electrons.